The van der Waals surface area contributed by atoms with E-state index in [0.717, 1.165) is 24.0 Å². The average molecular weight is 334 g/mol. The summed E-state index contributed by atoms with van der Waals surface area (Å²) in [6, 6.07) is 16.8. The summed E-state index contributed by atoms with van der Waals surface area (Å²) in [5.41, 5.74) is 2.90. The molecule has 5 heteroatoms. The van der Waals surface area contributed by atoms with Crippen molar-refractivity contribution in [1.29, 1.82) is 0 Å². The number of aromatic hydroxyl groups is 1. The van der Waals surface area contributed by atoms with Gasteiger partial charge in [0.1, 0.15) is 23.3 Å². The number of carbonyl (C=O) groups is 1. The predicted octanol–water partition coefficient (Wildman–Crippen LogP) is 3.85. The number of hydrogen-bond acceptors (Lipinski definition) is 4. The Hall–Kier alpha value is -3.08. The molecule has 1 amide bonds. The van der Waals surface area contributed by atoms with Crippen molar-refractivity contribution in [3.63, 3.8) is 0 Å². The maximum atomic E-state index is 13.1. The highest BCUT2D eigenvalue weighted by molar-refractivity contribution is 5.99. The van der Waals surface area contributed by atoms with Crippen molar-refractivity contribution in [2.24, 2.45) is 0 Å². The van der Waals surface area contributed by atoms with Crippen LogP contribution in [0.2, 0.25) is 0 Å². The van der Waals surface area contributed by atoms with Crippen molar-refractivity contribution in [3.8, 4) is 17.0 Å². The first-order chi connectivity index (χ1) is 12.2. The summed E-state index contributed by atoms with van der Waals surface area (Å²) in [6.07, 6.45) is 3.45. The van der Waals surface area contributed by atoms with Gasteiger partial charge in [-0.25, -0.2) is 0 Å². The third-order valence-electron chi connectivity index (χ3n) is 4.39. The molecule has 3 aromatic rings. The van der Waals surface area contributed by atoms with Crippen LogP contribution in [0.1, 0.15) is 28.8 Å². The fraction of sp³-hybridized carbons (Fsp3) is 0.200. The number of amides is 1. The van der Waals surface area contributed by atoms with Crippen LogP contribution >= 0.6 is 0 Å². The molecule has 0 aliphatic heterocycles. The summed E-state index contributed by atoms with van der Waals surface area (Å²) in [4.78, 5) is 15.0. The third kappa shape index (κ3) is 3.26. The molecule has 1 aliphatic rings. The number of aromatic nitrogens is 1. The molecule has 4 rings (SSSR count). The summed E-state index contributed by atoms with van der Waals surface area (Å²) >= 11 is 0. The second kappa shape index (κ2) is 6.43. The molecule has 126 valence electrons. The second-order valence-electron chi connectivity index (χ2n) is 6.27. The molecule has 1 aliphatic carbocycles. The molecule has 1 saturated carbocycles. The van der Waals surface area contributed by atoms with E-state index in [9.17, 15) is 9.90 Å². The lowest BCUT2D eigenvalue weighted by molar-refractivity contribution is 0.0730. The average Bonchev–Trinajstić information content (AvgIpc) is 3.37. The van der Waals surface area contributed by atoms with E-state index in [1.807, 2.05) is 47.4 Å². The van der Waals surface area contributed by atoms with Crippen LogP contribution in [0.25, 0.3) is 11.3 Å². The summed E-state index contributed by atoms with van der Waals surface area (Å²) in [5.74, 6) is 0.147. The first-order valence-electron chi connectivity index (χ1n) is 8.31. The summed E-state index contributed by atoms with van der Waals surface area (Å²) in [7, 11) is 0. The van der Waals surface area contributed by atoms with Gasteiger partial charge in [-0.2, -0.15) is 0 Å². The zero-order valence-corrected chi connectivity index (χ0v) is 13.6. The van der Waals surface area contributed by atoms with Crippen LogP contribution in [0.3, 0.4) is 0 Å². The third-order valence-corrected chi connectivity index (χ3v) is 4.39. The molecule has 2 aromatic carbocycles. The highest BCUT2D eigenvalue weighted by Crippen LogP contribution is 2.32. The van der Waals surface area contributed by atoms with Crippen LogP contribution in [0.4, 0.5) is 0 Å². The Morgan fingerprint density at radius 2 is 1.84 bits per heavy atom. The monoisotopic (exact) mass is 334 g/mol. The Kier molecular flexibility index (Phi) is 3.98. The van der Waals surface area contributed by atoms with Gasteiger partial charge in [0, 0.05) is 18.2 Å². The van der Waals surface area contributed by atoms with E-state index in [4.69, 9.17) is 4.52 Å². The van der Waals surface area contributed by atoms with Crippen molar-refractivity contribution >= 4 is 5.91 Å². The fourth-order valence-corrected chi connectivity index (χ4v) is 2.90. The minimum absolute atomic E-state index is 0.0734. The lowest BCUT2D eigenvalue weighted by Gasteiger charge is -2.22. The minimum atomic E-state index is -0.0734. The molecular weight excluding hydrogens is 316 g/mol. The number of hydrogen-bond donors (Lipinski definition) is 1. The number of phenolic OH excluding ortho intramolecular Hbond substituents is 1. The van der Waals surface area contributed by atoms with Crippen LogP contribution in [0.5, 0.6) is 5.75 Å². The summed E-state index contributed by atoms with van der Waals surface area (Å²) in [5, 5.41) is 13.5. The SMILES string of the molecule is O=C(c1conc1-c1ccccc1)N(Cc1ccc(O)cc1)C1CC1. The van der Waals surface area contributed by atoms with E-state index < -0.39 is 0 Å². The maximum absolute atomic E-state index is 13.1. The summed E-state index contributed by atoms with van der Waals surface area (Å²) in [6.45, 7) is 0.503. The Balaban J connectivity index is 1.62. The zero-order valence-electron chi connectivity index (χ0n) is 13.6. The highest BCUT2D eigenvalue weighted by Gasteiger charge is 2.35. The van der Waals surface area contributed by atoms with Crippen LogP contribution in [-0.2, 0) is 6.54 Å². The van der Waals surface area contributed by atoms with Crippen molar-refractivity contribution < 1.29 is 14.4 Å². The smallest absolute Gasteiger partial charge is 0.260 e. The van der Waals surface area contributed by atoms with Crippen molar-refractivity contribution in [1.82, 2.24) is 10.1 Å². The molecule has 0 bridgehead atoms. The van der Waals surface area contributed by atoms with Crippen molar-refractivity contribution in [2.45, 2.75) is 25.4 Å². The van der Waals surface area contributed by atoms with Crippen molar-refractivity contribution in [3.05, 3.63) is 72.0 Å². The minimum Gasteiger partial charge on any atom is -0.508 e. The van der Waals surface area contributed by atoms with E-state index in [2.05, 4.69) is 5.16 Å². The fourth-order valence-electron chi connectivity index (χ4n) is 2.90. The van der Waals surface area contributed by atoms with Crippen LogP contribution < -0.4 is 0 Å². The molecule has 0 radical (unpaired) electrons. The van der Waals surface area contributed by atoms with Crippen LogP contribution in [-0.4, -0.2) is 27.1 Å². The molecular formula is C20H18N2O3. The Morgan fingerprint density at radius 3 is 2.52 bits per heavy atom. The molecule has 1 N–H and O–H groups in total. The van der Waals surface area contributed by atoms with Gasteiger partial charge in [0.25, 0.3) is 5.91 Å². The molecule has 5 nitrogen and oxygen atoms in total. The largest absolute Gasteiger partial charge is 0.508 e. The van der Waals surface area contributed by atoms with Gasteiger partial charge in [-0.15, -0.1) is 0 Å². The normalized spacial score (nSPS) is 13.6. The number of nitrogens with zero attached hydrogens (tertiary/aromatic N) is 2. The lowest BCUT2D eigenvalue weighted by Crippen LogP contribution is -2.32. The number of carbonyl (C=O) groups excluding carboxylic acids is 1. The van der Waals surface area contributed by atoms with Gasteiger partial charge in [-0.3, -0.25) is 4.79 Å². The molecule has 0 saturated heterocycles. The molecule has 1 fully saturated rings. The van der Waals surface area contributed by atoms with E-state index in [1.165, 1.54) is 6.26 Å². The molecule has 0 unspecified atom stereocenters. The van der Waals surface area contributed by atoms with Gasteiger partial charge < -0.3 is 14.5 Å². The number of rotatable bonds is 5. The lowest BCUT2D eigenvalue weighted by atomic mass is 10.1. The standard InChI is InChI=1S/C20H18N2O3/c23-17-10-6-14(7-11-17)12-22(16-8-9-16)20(24)18-13-25-21-19(18)15-4-2-1-3-5-15/h1-7,10-11,13,16,23H,8-9,12H2. The molecule has 1 aromatic heterocycles. The van der Waals surface area contributed by atoms with Gasteiger partial charge in [0.2, 0.25) is 0 Å². The number of benzene rings is 2. The zero-order chi connectivity index (χ0) is 17.2. The quantitative estimate of drug-likeness (QED) is 0.769. The van der Waals surface area contributed by atoms with Gasteiger partial charge in [-0.1, -0.05) is 47.6 Å². The van der Waals surface area contributed by atoms with Gasteiger partial charge in [0.05, 0.1) is 0 Å². The van der Waals surface area contributed by atoms with E-state index in [1.54, 1.807) is 12.1 Å². The van der Waals surface area contributed by atoms with Crippen molar-refractivity contribution in [2.75, 3.05) is 0 Å². The van der Waals surface area contributed by atoms with Gasteiger partial charge in [0.15, 0.2) is 0 Å². The Labute approximate surface area is 145 Å². The van der Waals surface area contributed by atoms with E-state index >= 15 is 0 Å². The van der Waals surface area contributed by atoms with Gasteiger partial charge >= 0.3 is 0 Å². The molecule has 25 heavy (non-hydrogen) atoms. The van der Waals surface area contributed by atoms with Gasteiger partial charge in [-0.05, 0) is 30.5 Å². The molecule has 1 heterocycles. The first-order valence-corrected chi connectivity index (χ1v) is 8.31. The van der Waals surface area contributed by atoms with E-state index in [0.29, 0.717) is 17.8 Å². The van der Waals surface area contributed by atoms with E-state index in [-0.39, 0.29) is 17.7 Å². The number of phenols is 1. The van der Waals surface area contributed by atoms with Crippen LogP contribution in [0.15, 0.2) is 65.4 Å². The topological polar surface area (TPSA) is 66.6 Å². The first kappa shape index (κ1) is 15.4. The molecule has 0 spiro atoms. The molecule has 0 atom stereocenters. The maximum Gasteiger partial charge on any atom is 0.260 e. The van der Waals surface area contributed by atoms with Crippen LogP contribution in [0, 0.1) is 0 Å². The Bertz CT molecular complexity index is 867. The predicted molar refractivity (Wildman–Crippen MR) is 92.9 cm³/mol. The Morgan fingerprint density at radius 1 is 1.12 bits per heavy atom. The second-order valence-corrected chi connectivity index (χ2v) is 6.27. The highest BCUT2D eigenvalue weighted by atomic mass is 16.5. The summed E-state index contributed by atoms with van der Waals surface area (Å²) < 4.78 is 5.11.